The van der Waals surface area contributed by atoms with E-state index >= 15 is 9.18 Å². The number of benzene rings is 4. The lowest BCUT2D eigenvalue weighted by Crippen LogP contribution is -2.49. The molecule has 1 saturated heterocycles. The quantitative estimate of drug-likeness (QED) is 0.0938. The molecular weight excluding hydrogens is 710 g/mol. The summed E-state index contributed by atoms with van der Waals surface area (Å²) in [5, 5.41) is -1.32. The lowest BCUT2D eigenvalue weighted by molar-refractivity contribution is -0.138. The molecule has 1 fully saturated rings. The second-order valence-electron chi connectivity index (χ2n) is 11.1. The van der Waals surface area contributed by atoms with E-state index in [0.29, 0.717) is 26.2 Å². The number of rotatable bonds is 12. The Labute approximate surface area is 334 Å². The highest BCUT2D eigenvalue weighted by Gasteiger charge is 2.33. The molecule has 12 heteroatoms. The number of piperidine rings is 1. The lowest BCUT2D eigenvalue weighted by atomic mass is 9.96. The van der Waals surface area contributed by atoms with Gasteiger partial charge in [0, 0.05) is 71.8 Å². The molecule has 1 aliphatic rings. The molecular formula is C41H40F5N3O3S. The average molecular weight is 768 g/mol. The van der Waals surface area contributed by atoms with Crippen molar-refractivity contribution < 1.29 is 56.2 Å². The van der Waals surface area contributed by atoms with Gasteiger partial charge in [0.25, 0.3) is 0 Å². The molecule has 6 nitrogen and oxygen atoms in total. The summed E-state index contributed by atoms with van der Waals surface area (Å²) >= 11 is -0.161. The predicted molar refractivity (Wildman–Crippen MR) is 198 cm³/mol. The molecule has 1 aromatic heterocycles. The summed E-state index contributed by atoms with van der Waals surface area (Å²) in [4.78, 5) is 28.0. The number of amides is 1. The Hall–Kier alpha value is -4.52. The first kappa shape index (κ1) is 21.4. The third-order valence-corrected chi connectivity index (χ3v) is 8.58. The summed E-state index contributed by atoms with van der Waals surface area (Å²) in [6.07, 6.45) is -14.0. The minimum absolute atomic E-state index is 0.124. The number of pyridine rings is 1. The van der Waals surface area contributed by atoms with Gasteiger partial charge in [0.2, 0.25) is 5.91 Å². The number of fused-ring (bicyclic) bond motifs is 1. The van der Waals surface area contributed by atoms with Crippen molar-refractivity contribution in [3.05, 3.63) is 136 Å². The number of aromatic nitrogens is 1. The molecule has 2 heterocycles. The minimum Gasteiger partial charge on any atom is -0.383 e. The molecule has 0 spiro atoms. The predicted octanol–water partition coefficient (Wildman–Crippen LogP) is 8.96. The van der Waals surface area contributed by atoms with E-state index in [1.54, 1.807) is 0 Å². The summed E-state index contributed by atoms with van der Waals surface area (Å²) in [6.45, 7) is -20.5. The third-order valence-electron chi connectivity index (χ3n) is 7.75. The molecule has 0 bridgehead atoms. The molecule has 53 heavy (non-hydrogen) atoms. The molecule has 278 valence electrons. The van der Waals surface area contributed by atoms with E-state index in [4.69, 9.17) is 13.7 Å². The maximum Gasteiger partial charge on any atom is 0.416 e. The Kier molecular flexibility index (Phi) is 6.72. The highest BCUT2D eigenvalue weighted by molar-refractivity contribution is 7.98. The van der Waals surface area contributed by atoms with Gasteiger partial charge in [0.1, 0.15) is 6.50 Å². The van der Waals surface area contributed by atoms with Gasteiger partial charge in [-0.05, 0) is 66.7 Å². The first-order valence-corrected chi connectivity index (χ1v) is 16.2. The van der Waals surface area contributed by atoms with E-state index in [9.17, 15) is 33.3 Å². The number of alkyl halides is 3. The second kappa shape index (κ2) is 16.7. The number of hydrogen-bond acceptors (Lipinski definition) is 5. The van der Waals surface area contributed by atoms with Crippen molar-refractivity contribution in [3.8, 4) is 11.1 Å². The standard InChI is InChI=1S/C41H40F5N3O3S/c1-27(28-10-12-29(13-11-28)30-14-16-32(17-15-30)41(44,45)46)49(33-18-20-47(21-19-33)22-23-52-2)38(51)25-48-36-9-4-3-7-34(36)37(50)24-39(48)53-26-31-6-5-8-35(42)40(31)43/h3-17,24,27,33H,18-23,25-26H2,1-2H3/i18D2,19D2,20D2,21D2,22D2,23D2,25D2,26D2,27D,33D. The van der Waals surface area contributed by atoms with E-state index in [0.717, 1.165) is 72.8 Å². The first-order chi connectivity index (χ1) is 32.2. The molecule has 1 unspecified atom stereocenters. The van der Waals surface area contributed by atoms with E-state index in [-0.39, 0.29) is 27.5 Å². The van der Waals surface area contributed by atoms with Gasteiger partial charge in [-0.2, -0.15) is 13.2 Å². The van der Waals surface area contributed by atoms with Crippen molar-refractivity contribution >= 4 is 28.6 Å². The van der Waals surface area contributed by atoms with Crippen molar-refractivity contribution in [2.45, 2.75) is 55.1 Å². The van der Waals surface area contributed by atoms with E-state index in [1.807, 2.05) is 0 Å². The summed E-state index contributed by atoms with van der Waals surface area (Å²) in [7, 11) is 0.565. The van der Waals surface area contributed by atoms with Crippen LogP contribution in [0, 0.1) is 11.6 Å². The van der Waals surface area contributed by atoms with E-state index in [2.05, 4.69) is 4.74 Å². The molecule has 0 aliphatic carbocycles. The van der Waals surface area contributed by atoms with E-state index < -0.39 is 135 Å². The lowest BCUT2D eigenvalue weighted by Gasteiger charge is -2.42. The number of likely N-dealkylation sites (tertiary alicyclic amines) is 1. The average Bonchev–Trinajstić information content (AvgIpc) is 3.25. The molecule has 0 radical (unpaired) electrons. The zero-order chi connectivity index (χ0) is 53.9. The Morgan fingerprint density at radius 1 is 1.02 bits per heavy atom. The maximum absolute atomic E-state index is 15.7. The highest BCUT2D eigenvalue weighted by Crippen LogP contribution is 2.34. The Balaban J connectivity index is 1.68. The first-order valence-electron chi connectivity index (χ1n) is 24.4. The van der Waals surface area contributed by atoms with Crippen LogP contribution in [0.4, 0.5) is 22.0 Å². The molecule has 0 N–H and O–H groups in total. The van der Waals surface area contributed by atoms with Gasteiger partial charge in [-0.1, -0.05) is 60.7 Å². The van der Waals surface area contributed by atoms with Crippen LogP contribution in [0.3, 0.4) is 0 Å². The fraction of sp³-hybridized carbons (Fsp3) is 0.317. The van der Waals surface area contributed by atoms with Gasteiger partial charge in [-0.25, -0.2) is 8.78 Å². The van der Waals surface area contributed by atoms with Crippen LogP contribution >= 0.6 is 11.8 Å². The minimum atomic E-state index is -4.72. The molecule has 0 saturated carbocycles. The number of hydrogen-bond donors (Lipinski definition) is 0. The number of halogens is 5. The molecule has 5 aromatic rings. The number of para-hydroxylation sites is 1. The molecule has 1 amide bonds. The fourth-order valence-electron chi connectivity index (χ4n) is 5.12. The van der Waals surface area contributed by atoms with E-state index in [1.165, 1.54) is 12.1 Å². The smallest absolute Gasteiger partial charge is 0.383 e. The van der Waals surface area contributed by atoms with Gasteiger partial charge < -0.3 is 19.1 Å². The third kappa shape index (κ3) is 8.83. The zero-order valence-electron chi connectivity index (χ0n) is 45.6. The van der Waals surface area contributed by atoms with Crippen LogP contribution in [-0.4, -0.2) is 59.5 Å². The number of carbonyl (C=O) groups is 1. The number of methoxy groups -OCH3 is 1. The van der Waals surface area contributed by atoms with Crippen molar-refractivity contribution in [2.75, 3.05) is 33.2 Å². The highest BCUT2D eigenvalue weighted by atomic mass is 32.2. The SMILES string of the molecule is [2H]C([2H])(Sc1cc(=O)c2ccccc2n1C([2H])([2H])C(=O)N(C([2H])(C)c1ccc(-c2ccc(C(F)(F)F)cc2)cc1)C1([2H])C([2H])([2H])C([2H])([2H])N(C([2H])([2H])C([2H])([2H])OC)C([2H])([2H])C1([2H])[2H])c1cccc(F)c1F. The molecule has 1 aliphatic heterocycles. The summed E-state index contributed by atoms with van der Waals surface area (Å²) in [5.74, 6) is -5.64. The van der Waals surface area contributed by atoms with Crippen LogP contribution in [0.5, 0.6) is 0 Å². The van der Waals surface area contributed by atoms with Crippen molar-refractivity contribution in [3.63, 3.8) is 0 Å². The summed E-state index contributed by atoms with van der Waals surface area (Å²) in [5.41, 5.74) is -7.07. The Morgan fingerprint density at radius 2 is 1.68 bits per heavy atom. The zero-order valence-corrected chi connectivity index (χ0v) is 28.4. The van der Waals surface area contributed by atoms with Gasteiger partial charge in [-0.3, -0.25) is 9.59 Å². The molecule has 1 atom stereocenters. The molecule has 6 rings (SSSR count). The normalized spacial score (nSPS) is 25.9. The number of ether oxygens (including phenoxy) is 1. The van der Waals surface area contributed by atoms with Gasteiger partial charge in [0.15, 0.2) is 17.1 Å². The van der Waals surface area contributed by atoms with Crippen molar-refractivity contribution in [2.24, 2.45) is 0 Å². The van der Waals surface area contributed by atoms with Crippen LogP contribution in [0.25, 0.3) is 22.0 Å². The largest absolute Gasteiger partial charge is 0.416 e. The van der Waals surface area contributed by atoms with Crippen molar-refractivity contribution in [1.29, 1.82) is 0 Å². The monoisotopic (exact) mass is 767 g/mol. The summed E-state index contributed by atoms with van der Waals surface area (Å²) < 4.78 is 238. The molecule has 4 aromatic carbocycles. The number of nitrogens with zero attached hydrogens (tertiary/aromatic N) is 3. The fourth-order valence-corrected chi connectivity index (χ4v) is 5.89. The summed E-state index contributed by atoms with van der Waals surface area (Å²) in [6, 6.07) is 7.42. The van der Waals surface area contributed by atoms with Crippen LogP contribution in [0.1, 0.15) is 67.1 Å². The van der Waals surface area contributed by atoms with Gasteiger partial charge in [0.05, 0.1) is 36.9 Å². The van der Waals surface area contributed by atoms with Crippen LogP contribution in [-0.2, 0) is 27.9 Å². The second-order valence-corrected chi connectivity index (χ2v) is 11.9. The van der Waals surface area contributed by atoms with Gasteiger partial charge >= 0.3 is 6.18 Å². The van der Waals surface area contributed by atoms with Crippen LogP contribution < -0.4 is 5.43 Å². The Morgan fingerprint density at radius 3 is 2.34 bits per heavy atom. The topological polar surface area (TPSA) is 54.8 Å². The number of carbonyl (C=O) groups excluding carboxylic acids is 1. The van der Waals surface area contributed by atoms with Crippen LogP contribution in [0.15, 0.2) is 107 Å². The maximum atomic E-state index is 15.7. The Bertz CT molecular complexity index is 2910. The van der Waals surface area contributed by atoms with Crippen LogP contribution in [0.2, 0.25) is 0 Å². The van der Waals surface area contributed by atoms with Crippen molar-refractivity contribution in [1.82, 2.24) is 14.4 Å². The number of thioether (sulfide) groups is 1. The van der Waals surface area contributed by atoms with Gasteiger partial charge in [-0.15, -0.1) is 11.8 Å².